The van der Waals surface area contributed by atoms with E-state index in [2.05, 4.69) is 4.74 Å². The van der Waals surface area contributed by atoms with Crippen LogP contribution in [0.4, 0.5) is 0 Å². The van der Waals surface area contributed by atoms with Gasteiger partial charge in [-0.05, 0) is 19.1 Å². The summed E-state index contributed by atoms with van der Waals surface area (Å²) in [5.74, 6) is -0.565. The molecule has 0 aliphatic rings. The normalized spacial score (nSPS) is 11.6. The molecule has 0 aliphatic heterocycles. The van der Waals surface area contributed by atoms with Gasteiger partial charge in [0.2, 0.25) is 0 Å². The summed E-state index contributed by atoms with van der Waals surface area (Å²) in [6.07, 6.45) is -1.33. The smallest absolute Gasteiger partial charge is 0.354 e. The van der Waals surface area contributed by atoms with Gasteiger partial charge in [0.05, 0.1) is 19.2 Å². The fraction of sp³-hybridized carbons (Fsp3) is 0.333. The fourth-order valence-corrected chi connectivity index (χ4v) is 1.39. The molecule has 5 nitrogen and oxygen atoms in total. The average Bonchev–Trinajstić information content (AvgIpc) is 2.36. The Hall–Kier alpha value is -1.75. The summed E-state index contributed by atoms with van der Waals surface area (Å²) in [6.45, 7) is 1.23. The highest BCUT2D eigenvalue weighted by molar-refractivity contribution is 6.32. The molecular weight excluding hydrogens is 260 g/mol. The minimum Gasteiger partial charge on any atom is -0.497 e. The summed E-state index contributed by atoms with van der Waals surface area (Å²) < 4.78 is 14.7. The van der Waals surface area contributed by atoms with E-state index in [0.29, 0.717) is 5.75 Å². The molecule has 0 saturated carbocycles. The summed E-state index contributed by atoms with van der Waals surface area (Å²) in [5, 5.41) is 0.269. The number of halogens is 1. The number of ketones is 1. The Bertz CT molecular complexity index is 458. The topological polar surface area (TPSA) is 61.8 Å². The second-order valence-electron chi connectivity index (χ2n) is 3.43. The van der Waals surface area contributed by atoms with E-state index in [1.807, 2.05) is 0 Å². The molecule has 98 valence electrons. The van der Waals surface area contributed by atoms with Crippen LogP contribution in [-0.2, 0) is 14.3 Å². The summed E-state index contributed by atoms with van der Waals surface area (Å²) in [6, 6.07) is 4.67. The number of Topliss-reactive ketones (excluding diaryl/α,β-unsaturated/α-hetero) is 1. The molecule has 0 heterocycles. The van der Waals surface area contributed by atoms with Crippen molar-refractivity contribution in [1.82, 2.24) is 0 Å². The number of benzene rings is 1. The first-order chi connectivity index (χ1) is 8.49. The highest BCUT2D eigenvalue weighted by atomic mass is 35.5. The molecule has 0 bridgehead atoms. The van der Waals surface area contributed by atoms with E-state index < -0.39 is 17.9 Å². The largest absolute Gasteiger partial charge is 0.497 e. The van der Waals surface area contributed by atoms with Gasteiger partial charge < -0.3 is 14.2 Å². The fourth-order valence-electron chi connectivity index (χ4n) is 1.23. The molecule has 0 saturated heterocycles. The van der Waals surface area contributed by atoms with E-state index in [1.165, 1.54) is 27.2 Å². The highest BCUT2D eigenvalue weighted by Gasteiger charge is 2.27. The van der Waals surface area contributed by atoms with Gasteiger partial charge >= 0.3 is 5.97 Å². The Morgan fingerprint density at radius 2 is 1.94 bits per heavy atom. The number of carbonyl (C=O) groups excluding carboxylic acids is 2. The summed E-state index contributed by atoms with van der Waals surface area (Å²) in [5.41, 5.74) is 0. The Morgan fingerprint density at radius 1 is 1.28 bits per heavy atom. The molecule has 1 aromatic carbocycles. The SMILES string of the molecule is COC(=O)C(Oc1cc(OC)ccc1Cl)C(C)=O. The third-order valence-electron chi connectivity index (χ3n) is 2.17. The first-order valence-corrected chi connectivity index (χ1v) is 5.46. The van der Waals surface area contributed by atoms with Crippen molar-refractivity contribution in [1.29, 1.82) is 0 Å². The monoisotopic (exact) mass is 272 g/mol. The zero-order valence-electron chi connectivity index (χ0n) is 10.2. The van der Waals surface area contributed by atoms with Gasteiger partial charge in [-0.3, -0.25) is 4.79 Å². The lowest BCUT2D eigenvalue weighted by Crippen LogP contribution is -2.35. The first kappa shape index (κ1) is 14.3. The number of methoxy groups -OCH3 is 2. The lowest BCUT2D eigenvalue weighted by Gasteiger charge is -2.15. The van der Waals surface area contributed by atoms with Crippen LogP contribution in [0, 0.1) is 0 Å². The van der Waals surface area contributed by atoms with Crippen molar-refractivity contribution in [3.05, 3.63) is 23.2 Å². The van der Waals surface area contributed by atoms with Gasteiger partial charge in [0.1, 0.15) is 11.5 Å². The Balaban J connectivity index is 3.00. The van der Waals surface area contributed by atoms with Crippen molar-refractivity contribution in [2.24, 2.45) is 0 Å². The van der Waals surface area contributed by atoms with Gasteiger partial charge in [-0.15, -0.1) is 0 Å². The second kappa shape index (κ2) is 6.26. The quantitative estimate of drug-likeness (QED) is 0.605. The summed E-state index contributed by atoms with van der Waals surface area (Å²) in [4.78, 5) is 22.7. The third-order valence-corrected chi connectivity index (χ3v) is 2.48. The summed E-state index contributed by atoms with van der Waals surface area (Å²) in [7, 11) is 2.66. The van der Waals surface area contributed by atoms with Crippen LogP contribution in [0.3, 0.4) is 0 Å². The molecule has 1 aromatic rings. The maximum atomic E-state index is 11.4. The van der Waals surface area contributed by atoms with Crippen LogP contribution in [0.25, 0.3) is 0 Å². The van der Waals surface area contributed by atoms with Crippen LogP contribution in [0.5, 0.6) is 11.5 Å². The Kier molecular flexibility index (Phi) is 4.97. The van der Waals surface area contributed by atoms with Gasteiger partial charge in [-0.25, -0.2) is 4.79 Å². The molecule has 0 spiro atoms. The predicted molar refractivity (Wildman–Crippen MR) is 65.1 cm³/mol. The van der Waals surface area contributed by atoms with Crippen molar-refractivity contribution >= 4 is 23.4 Å². The second-order valence-corrected chi connectivity index (χ2v) is 3.84. The maximum absolute atomic E-state index is 11.4. The highest BCUT2D eigenvalue weighted by Crippen LogP contribution is 2.29. The minimum absolute atomic E-state index is 0.182. The number of rotatable bonds is 5. The lowest BCUT2D eigenvalue weighted by molar-refractivity contribution is -0.152. The van der Waals surface area contributed by atoms with Crippen LogP contribution in [0.15, 0.2) is 18.2 Å². The molecule has 6 heteroatoms. The number of carbonyl (C=O) groups is 2. The molecule has 1 unspecified atom stereocenters. The van der Waals surface area contributed by atoms with Crippen molar-refractivity contribution in [3.63, 3.8) is 0 Å². The molecule has 0 fully saturated rings. The first-order valence-electron chi connectivity index (χ1n) is 5.08. The van der Waals surface area contributed by atoms with E-state index in [9.17, 15) is 9.59 Å². The lowest BCUT2D eigenvalue weighted by atomic mass is 10.2. The van der Waals surface area contributed by atoms with Crippen molar-refractivity contribution in [2.45, 2.75) is 13.0 Å². The molecule has 0 N–H and O–H groups in total. The molecule has 0 aromatic heterocycles. The van der Waals surface area contributed by atoms with Gasteiger partial charge in [-0.1, -0.05) is 11.6 Å². The molecule has 0 radical (unpaired) electrons. The van der Waals surface area contributed by atoms with E-state index in [4.69, 9.17) is 21.1 Å². The number of ether oxygens (including phenoxy) is 3. The molecule has 0 amide bonds. The van der Waals surface area contributed by atoms with Crippen LogP contribution in [-0.4, -0.2) is 32.1 Å². The van der Waals surface area contributed by atoms with E-state index in [-0.39, 0.29) is 10.8 Å². The zero-order valence-corrected chi connectivity index (χ0v) is 11.0. The van der Waals surface area contributed by atoms with Crippen LogP contribution in [0.2, 0.25) is 5.02 Å². The number of esters is 1. The zero-order chi connectivity index (χ0) is 13.7. The van der Waals surface area contributed by atoms with Crippen LogP contribution >= 0.6 is 11.6 Å². The van der Waals surface area contributed by atoms with Gasteiger partial charge in [0, 0.05) is 6.07 Å². The Labute approximate surface area is 110 Å². The van der Waals surface area contributed by atoms with Crippen LogP contribution in [0.1, 0.15) is 6.92 Å². The summed E-state index contributed by atoms with van der Waals surface area (Å²) >= 11 is 5.91. The molecular formula is C12H13ClO5. The molecule has 1 rings (SSSR count). The van der Waals surface area contributed by atoms with Crippen molar-refractivity contribution in [3.8, 4) is 11.5 Å². The predicted octanol–water partition coefficient (Wildman–Crippen LogP) is 1.86. The average molecular weight is 273 g/mol. The van der Waals surface area contributed by atoms with E-state index in [0.717, 1.165) is 0 Å². The van der Waals surface area contributed by atoms with Gasteiger partial charge in [0.15, 0.2) is 5.78 Å². The third kappa shape index (κ3) is 3.37. The van der Waals surface area contributed by atoms with Gasteiger partial charge in [-0.2, -0.15) is 0 Å². The number of hydrogen-bond acceptors (Lipinski definition) is 5. The molecule has 0 aliphatic carbocycles. The van der Waals surface area contributed by atoms with Crippen molar-refractivity contribution in [2.75, 3.05) is 14.2 Å². The standard InChI is InChI=1S/C12H13ClO5/c1-7(14)11(12(15)17-3)18-10-6-8(16-2)4-5-9(10)13/h4-6,11H,1-3H3. The van der Waals surface area contributed by atoms with Crippen LogP contribution < -0.4 is 9.47 Å². The van der Waals surface area contributed by atoms with Gasteiger partial charge in [0.25, 0.3) is 6.10 Å². The van der Waals surface area contributed by atoms with Crippen molar-refractivity contribution < 1.29 is 23.8 Å². The number of hydrogen-bond donors (Lipinski definition) is 0. The van der Waals surface area contributed by atoms with E-state index >= 15 is 0 Å². The maximum Gasteiger partial charge on any atom is 0.354 e. The minimum atomic E-state index is -1.33. The molecule has 1 atom stereocenters. The molecule has 18 heavy (non-hydrogen) atoms. The Morgan fingerprint density at radius 3 is 2.44 bits per heavy atom. The van der Waals surface area contributed by atoms with E-state index in [1.54, 1.807) is 12.1 Å².